The molecule has 0 aromatic heterocycles. The summed E-state index contributed by atoms with van der Waals surface area (Å²) < 4.78 is 28.7. The highest BCUT2D eigenvalue weighted by Gasteiger charge is 2.56. The number of amides is 1. The summed E-state index contributed by atoms with van der Waals surface area (Å²) in [5.41, 5.74) is 4.32. The zero-order valence-corrected chi connectivity index (χ0v) is 22.5. The molecule has 6 heteroatoms. The molecule has 3 aliphatic heterocycles. The second-order valence-corrected chi connectivity index (χ2v) is 10.7. The van der Waals surface area contributed by atoms with Gasteiger partial charge in [-0.3, -0.25) is 9.10 Å². The second kappa shape index (κ2) is 9.95. The minimum absolute atomic E-state index is 0.0124. The quantitative estimate of drug-likeness (QED) is 0.481. The Balaban J connectivity index is 0.000000771. The maximum absolute atomic E-state index is 13.6. The number of carbonyl (C=O) groups is 1. The molecule has 5 nitrogen and oxygen atoms in total. The summed E-state index contributed by atoms with van der Waals surface area (Å²) in [7, 11) is -3.69. The van der Waals surface area contributed by atoms with E-state index < -0.39 is 10.0 Å². The van der Waals surface area contributed by atoms with Crippen LogP contribution in [0.1, 0.15) is 55.4 Å². The molecule has 3 heterocycles. The summed E-state index contributed by atoms with van der Waals surface area (Å²) in [6.45, 7) is 16.5. The van der Waals surface area contributed by atoms with Crippen LogP contribution in [0.15, 0.2) is 64.7 Å². The lowest BCUT2D eigenvalue weighted by atomic mass is 9.74. The molecule has 184 valence electrons. The molecule has 0 aliphatic carbocycles. The van der Waals surface area contributed by atoms with Gasteiger partial charge in [0.1, 0.15) is 0 Å². The van der Waals surface area contributed by atoms with Crippen LogP contribution in [0.4, 0.5) is 5.69 Å². The Labute approximate surface area is 205 Å². The summed E-state index contributed by atoms with van der Waals surface area (Å²) in [6.07, 6.45) is 0. The van der Waals surface area contributed by atoms with Gasteiger partial charge in [-0.05, 0) is 30.5 Å². The summed E-state index contributed by atoms with van der Waals surface area (Å²) in [5, 5.41) is 0. The first-order valence-corrected chi connectivity index (χ1v) is 13.9. The third-order valence-corrected chi connectivity index (χ3v) is 8.84. The fourth-order valence-electron chi connectivity index (χ4n) is 5.49. The van der Waals surface area contributed by atoms with E-state index in [1.165, 1.54) is 4.31 Å². The maximum Gasteiger partial charge on any atom is 0.265 e. The molecule has 0 N–H and O–H groups in total. The molecule has 0 saturated carbocycles. The van der Waals surface area contributed by atoms with Gasteiger partial charge in [0.05, 0.1) is 29.1 Å². The number of fused-ring (bicyclic) bond motifs is 4. The van der Waals surface area contributed by atoms with E-state index in [2.05, 4.69) is 20.8 Å². The van der Waals surface area contributed by atoms with Crippen molar-refractivity contribution >= 4 is 21.6 Å². The van der Waals surface area contributed by atoms with Gasteiger partial charge in [-0.25, -0.2) is 8.42 Å². The summed E-state index contributed by atoms with van der Waals surface area (Å²) in [6, 6.07) is 15.0. The van der Waals surface area contributed by atoms with Gasteiger partial charge in [-0.2, -0.15) is 0 Å². The largest absolute Gasteiger partial charge is 0.312 e. The van der Waals surface area contributed by atoms with Crippen LogP contribution in [0.5, 0.6) is 0 Å². The number of nitrogens with zero attached hydrogens (tertiary/aromatic N) is 2. The molecule has 3 aliphatic rings. The Kier molecular flexibility index (Phi) is 7.61. The predicted octanol–water partition coefficient (Wildman–Crippen LogP) is 6.32. The Morgan fingerprint density at radius 1 is 0.912 bits per heavy atom. The number of carbonyl (C=O) groups excluding carboxylic acids is 1. The average molecular weight is 483 g/mol. The summed E-state index contributed by atoms with van der Waals surface area (Å²) >= 11 is 0. The molecule has 0 bridgehead atoms. The first kappa shape index (κ1) is 26.0. The molecule has 1 amide bonds. The molecule has 1 saturated heterocycles. The van der Waals surface area contributed by atoms with Crippen molar-refractivity contribution in [3.05, 3.63) is 59.8 Å². The van der Waals surface area contributed by atoms with Crippen LogP contribution < -0.4 is 4.31 Å². The van der Waals surface area contributed by atoms with E-state index in [0.717, 1.165) is 22.4 Å². The number of para-hydroxylation sites is 1. The minimum atomic E-state index is -3.69. The maximum atomic E-state index is 13.6. The van der Waals surface area contributed by atoms with E-state index in [4.69, 9.17) is 0 Å². The zero-order valence-electron chi connectivity index (χ0n) is 21.7. The van der Waals surface area contributed by atoms with Crippen molar-refractivity contribution in [3.63, 3.8) is 0 Å². The van der Waals surface area contributed by atoms with Crippen molar-refractivity contribution in [1.82, 2.24) is 4.90 Å². The number of β-lactam (4-membered cyclic amide) rings is 1. The van der Waals surface area contributed by atoms with Gasteiger partial charge in [0, 0.05) is 22.7 Å². The monoisotopic (exact) mass is 482 g/mol. The summed E-state index contributed by atoms with van der Waals surface area (Å²) in [5.74, 6) is 0.592. The molecular formula is C28H38N2O3S. The van der Waals surface area contributed by atoms with Crippen LogP contribution in [-0.2, 0) is 14.8 Å². The molecule has 0 spiro atoms. The third kappa shape index (κ3) is 3.76. The Bertz CT molecular complexity index is 1200. The highest BCUT2D eigenvalue weighted by molar-refractivity contribution is 7.93. The van der Waals surface area contributed by atoms with E-state index in [1.54, 1.807) is 12.1 Å². The molecule has 34 heavy (non-hydrogen) atoms. The van der Waals surface area contributed by atoms with E-state index >= 15 is 0 Å². The van der Waals surface area contributed by atoms with E-state index in [0.29, 0.717) is 10.6 Å². The number of sulfonamides is 1. The van der Waals surface area contributed by atoms with Crippen LogP contribution in [0.2, 0.25) is 0 Å². The Hall–Kier alpha value is -2.60. The molecule has 1 fully saturated rings. The Morgan fingerprint density at radius 2 is 1.47 bits per heavy atom. The van der Waals surface area contributed by atoms with Crippen molar-refractivity contribution in [1.29, 1.82) is 0 Å². The lowest BCUT2D eigenvalue weighted by molar-refractivity contribution is -0.155. The van der Waals surface area contributed by atoms with Crippen molar-refractivity contribution in [2.45, 2.75) is 66.3 Å². The van der Waals surface area contributed by atoms with Gasteiger partial charge in [-0.15, -0.1) is 0 Å². The number of allylic oxidation sites excluding steroid dienone is 1. The number of benzene rings is 2. The van der Waals surface area contributed by atoms with Crippen LogP contribution in [0.25, 0.3) is 11.1 Å². The minimum Gasteiger partial charge on any atom is -0.312 e. The van der Waals surface area contributed by atoms with Crippen molar-refractivity contribution in [2.75, 3.05) is 10.8 Å². The van der Waals surface area contributed by atoms with E-state index in [9.17, 15) is 13.2 Å². The van der Waals surface area contributed by atoms with Crippen LogP contribution in [0.3, 0.4) is 0 Å². The fraction of sp³-hybridized carbons (Fsp3) is 0.464. The van der Waals surface area contributed by atoms with Crippen molar-refractivity contribution in [3.8, 4) is 11.1 Å². The second-order valence-electron chi connectivity index (χ2n) is 8.89. The van der Waals surface area contributed by atoms with Crippen LogP contribution in [-0.4, -0.2) is 31.8 Å². The Morgan fingerprint density at radius 3 is 2.09 bits per heavy atom. The molecule has 0 radical (unpaired) electrons. The SMILES string of the molecule is CC.CC.CC1=C(CN2c3ccccc3-c3ccccc3S2(=O)=O)[C@H](C)[C@@H]2[C@@H](C(C)C)C(=O)N12. The number of rotatable bonds is 3. The van der Waals surface area contributed by atoms with Crippen molar-refractivity contribution in [2.24, 2.45) is 17.8 Å². The normalized spacial score (nSPS) is 23.7. The molecule has 2 aromatic rings. The van der Waals surface area contributed by atoms with E-state index in [1.807, 2.05) is 75.9 Å². The first-order valence-electron chi connectivity index (χ1n) is 12.5. The van der Waals surface area contributed by atoms with Crippen molar-refractivity contribution < 1.29 is 13.2 Å². The predicted molar refractivity (Wildman–Crippen MR) is 140 cm³/mol. The first-order chi connectivity index (χ1) is 16.2. The third-order valence-electron chi connectivity index (χ3n) is 7.03. The van der Waals surface area contributed by atoms with Gasteiger partial charge >= 0.3 is 0 Å². The average Bonchev–Trinajstić information content (AvgIpc) is 3.04. The molecule has 2 aromatic carbocycles. The standard InChI is InChI=1S/C24H26N2O3S.2C2H6/c1-14(2)22-23-15(3)19(16(4)26(23)24(22)27)13-25-20-11-7-5-9-17(20)18-10-6-8-12-21(18)30(25,28)29;2*1-2/h5-12,14-15,22-23H,13H2,1-4H3;2*1-2H3/t15-,22+,23+;;/m0../s1. The van der Waals surface area contributed by atoms with E-state index in [-0.39, 0.29) is 36.2 Å². The topological polar surface area (TPSA) is 57.7 Å². The fourth-order valence-corrected chi connectivity index (χ4v) is 7.16. The zero-order chi connectivity index (χ0) is 25.4. The van der Waals surface area contributed by atoms with Gasteiger partial charge in [0.15, 0.2) is 0 Å². The molecule has 3 atom stereocenters. The smallest absolute Gasteiger partial charge is 0.265 e. The van der Waals surface area contributed by atoms with Crippen LogP contribution in [0, 0.1) is 17.8 Å². The molecular weight excluding hydrogens is 444 g/mol. The van der Waals surface area contributed by atoms with Gasteiger partial charge < -0.3 is 4.90 Å². The number of hydrogen-bond acceptors (Lipinski definition) is 3. The lowest BCUT2D eigenvalue weighted by Gasteiger charge is -2.47. The summed E-state index contributed by atoms with van der Waals surface area (Å²) in [4.78, 5) is 15.0. The highest BCUT2D eigenvalue weighted by atomic mass is 32.2. The van der Waals surface area contributed by atoms with Gasteiger partial charge in [-0.1, -0.05) is 84.9 Å². The molecule has 0 unspecified atom stereocenters. The van der Waals surface area contributed by atoms with Gasteiger partial charge in [0.2, 0.25) is 5.91 Å². The molecule has 5 rings (SSSR count). The van der Waals surface area contributed by atoms with Crippen LogP contribution >= 0.6 is 0 Å². The highest BCUT2D eigenvalue weighted by Crippen LogP contribution is 2.50. The number of hydrogen-bond donors (Lipinski definition) is 0. The van der Waals surface area contributed by atoms with Gasteiger partial charge in [0.25, 0.3) is 10.0 Å². The number of anilines is 1. The lowest BCUT2D eigenvalue weighted by Crippen LogP contribution is -2.61.